The second-order valence-corrected chi connectivity index (χ2v) is 6.88. The summed E-state index contributed by atoms with van der Waals surface area (Å²) in [4.78, 5) is 14.7. The Morgan fingerprint density at radius 1 is 1.33 bits per heavy atom. The number of guanidine groups is 1. The lowest BCUT2D eigenvalue weighted by atomic mass is 9.92. The van der Waals surface area contributed by atoms with Crippen molar-refractivity contribution in [1.29, 1.82) is 0 Å². The summed E-state index contributed by atoms with van der Waals surface area (Å²) >= 11 is 0. The van der Waals surface area contributed by atoms with E-state index in [4.69, 9.17) is 4.74 Å². The summed E-state index contributed by atoms with van der Waals surface area (Å²) < 4.78 is 33.4. The number of aliphatic imine (C=N–C) groups is 2. The van der Waals surface area contributed by atoms with Gasteiger partial charge in [0.15, 0.2) is 0 Å². The topological polar surface area (TPSA) is 50.1 Å². The van der Waals surface area contributed by atoms with Crippen LogP contribution in [0.1, 0.15) is 20.8 Å². The molecule has 0 bridgehead atoms. The predicted molar refractivity (Wildman–Crippen MR) is 102 cm³/mol. The van der Waals surface area contributed by atoms with Crippen LogP contribution in [0.5, 0.6) is 5.75 Å². The molecule has 0 aromatic carbocycles. The van der Waals surface area contributed by atoms with Crippen LogP contribution in [0, 0.1) is 0 Å². The van der Waals surface area contributed by atoms with Gasteiger partial charge in [0.25, 0.3) is 0 Å². The first-order valence-corrected chi connectivity index (χ1v) is 8.70. The third kappa shape index (κ3) is 4.87. The number of rotatable bonds is 6. The Bertz CT molecular complexity index is 831. The maximum absolute atomic E-state index is 14.6. The van der Waals surface area contributed by atoms with Gasteiger partial charge >= 0.3 is 0 Å². The minimum atomic E-state index is -1.64. The molecule has 1 atom stereocenters. The van der Waals surface area contributed by atoms with E-state index < -0.39 is 5.67 Å². The van der Waals surface area contributed by atoms with Gasteiger partial charge < -0.3 is 9.64 Å². The quantitative estimate of drug-likeness (QED) is 0.709. The van der Waals surface area contributed by atoms with Gasteiger partial charge in [-0.25, -0.2) is 18.8 Å². The molecule has 0 fully saturated rings. The molecule has 2 aliphatic heterocycles. The zero-order valence-electron chi connectivity index (χ0n) is 15.6. The van der Waals surface area contributed by atoms with Crippen molar-refractivity contribution in [2.45, 2.75) is 32.5 Å². The summed E-state index contributed by atoms with van der Waals surface area (Å²) in [5, 5.41) is 0. The SMILES string of the molecule is C/C(F)=C\C=C(\C1=CN2CC(COc3ccncc3)N=C2N=C1)C(C)(C)F. The van der Waals surface area contributed by atoms with Crippen molar-refractivity contribution in [2.75, 3.05) is 13.2 Å². The van der Waals surface area contributed by atoms with E-state index in [-0.39, 0.29) is 11.9 Å². The molecule has 0 saturated carbocycles. The van der Waals surface area contributed by atoms with Crippen molar-refractivity contribution in [3.8, 4) is 5.75 Å². The first-order chi connectivity index (χ1) is 12.8. The highest BCUT2D eigenvalue weighted by atomic mass is 19.1. The highest BCUT2D eigenvalue weighted by Crippen LogP contribution is 2.29. The molecule has 0 amide bonds. The summed E-state index contributed by atoms with van der Waals surface area (Å²) in [5.41, 5.74) is -0.685. The van der Waals surface area contributed by atoms with Crippen molar-refractivity contribution < 1.29 is 13.5 Å². The molecule has 1 aromatic rings. The maximum Gasteiger partial charge on any atom is 0.225 e. The number of hydrogen-bond donors (Lipinski definition) is 0. The molecule has 2 aliphatic rings. The molecule has 0 N–H and O–H groups in total. The van der Waals surface area contributed by atoms with E-state index in [2.05, 4.69) is 15.0 Å². The van der Waals surface area contributed by atoms with Crippen LogP contribution in [-0.4, -0.2) is 46.9 Å². The molecule has 3 rings (SSSR count). The van der Waals surface area contributed by atoms with Crippen LogP contribution in [0.2, 0.25) is 0 Å². The zero-order valence-corrected chi connectivity index (χ0v) is 15.6. The number of nitrogens with zero attached hydrogens (tertiary/aromatic N) is 4. The lowest BCUT2D eigenvalue weighted by Crippen LogP contribution is -2.29. The average molecular weight is 372 g/mol. The van der Waals surface area contributed by atoms with E-state index in [1.54, 1.807) is 36.9 Å². The fourth-order valence-corrected chi connectivity index (χ4v) is 2.83. The Kier molecular flexibility index (Phi) is 5.48. The van der Waals surface area contributed by atoms with Crippen LogP contribution in [0.4, 0.5) is 8.78 Å². The van der Waals surface area contributed by atoms with Crippen molar-refractivity contribution in [2.24, 2.45) is 9.98 Å². The molecule has 3 heterocycles. The number of pyridine rings is 1. The van der Waals surface area contributed by atoms with E-state index >= 15 is 0 Å². The van der Waals surface area contributed by atoms with Crippen molar-refractivity contribution in [3.05, 3.63) is 59.9 Å². The number of fused-ring (bicyclic) bond motifs is 1. The van der Waals surface area contributed by atoms with Gasteiger partial charge in [0, 0.05) is 30.4 Å². The number of halogens is 2. The molecule has 0 spiro atoms. The maximum atomic E-state index is 14.6. The van der Waals surface area contributed by atoms with Crippen LogP contribution < -0.4 is 4.74 Å². The normalized spacial score (nSPS) is 20.3. The summed E-state index contributed by atoms with van der Waals surface area (Å²) in [6.45, 7) is 5.19. The molecular weight excluding hydrogens is 350 g/mol. The Hall–Kier alpha value is -2.83. The van der Waals surface area contributed by atoms with Crippen LogP contribution in [0.15, 0.2) is 69.8 Å². The lowest BCUT2D eigenvalue weighted by Gasteiger charge is -2.24. The van der Waals surface area contributed by atoms with E-state index in [9.17, 15) is 8.78 Å². The molecule has 27 heavy (non-hydrogen) atoms. The molecule has 142 valence electrons. The zero-order chi connectivity index (χ0) is 19.4. The number of ether oxygens (including phenoxy) is 1. The first-order valence-electron chi connectivity index (χ1n) is 8.70. The standard InChI is InChI=1S/C20H22F2N4O/c1-14(21)4-5-18(20(2,3)22)15-10-24-19-25-16(12-26(19)11-15)13-27-17-6-8-23-9-7-17/h4-11,16H,12-13H2,1-3H3/b14-4+,18-5-. The Labute approximate surface area is 157 Å². The van der Waals surface area contributed by atoms with Crippen molar-refractivity contribution >= 4 is 12.2 Å². The Balaban J connectivity index is 1.72. The second kappa shape index (κ2) is 7.82. The molecule has 0 saturated heterocycles. The minimum absolute atomic E-state index is 0.0836. The average Bonchev–Trinajstić information content (AvgIpc) is 3.02. The van der Waals surface area contributed by atoms with Crippen LogP contribution in [-0.2, 0) is 0 Å². The van der Waals surface area contributed by atoms with Crippen LogP contribution in [0.3, 0.4) is 0 Å². The summed E-state index contributed by atoms with van der Waals surface area (Å²) in [7, 11) is 0. The second-order valence-electron chi connectivity index (χ2n) is 6.88. The minimum Gasteiger partial charge on any atom is -0.491 e. The molecular formula is C20H22F2N4O. The molecule has 7 heteroatoms. The number of hydrogen-bond acceptors (Lipinski definition) is 5. The summed E-state index contributed by atoms with van der Waals surface area (Å²) in [6.07, 6.45) is 9.40. The third-order valence-electron chi connectivity index (χ3n) is 4.10. The van der Waals surface area contributed by atoms with Crippen molar-refractivity contribution in [3.63, 3.8) is 0 Å². The number of alkyl halides is 1. The highest BCUT2D eigenvalue weighted by Gasteiger charge is 2.30. The Morgan fingerprint density at radius 3 is 2.74 bits per heavy atom. The smallest absolute Gasteiger partial charge is 0.225 e. The van der Waals surface area contributed by atoms with Gasteiger partial charge in [-0.05, 0) is 44.6 Å². The molecule has 0 radical (unpaired) electrons. The summed E-state index contributed by atoms with van der Waals surface area (Å²) in [5.74, 6) is 0.907. The van der Waals surface area contributed by atoms with E-state index in [0.717, 1.165) is 5.75 Å². The Morgan fingerprint density at radius 2 is 2.07 bits per heavy atom. The number of aromatic nitrogens is 1. The van der Waals surface area contributed by atoms with Gasteiger partial charge in [-0.1, -0.05) is 6.08 Å². The molecule has 1 aromatic heterocycles. The van der Waals surface area contributed by atoms with Gasteiger partial charge in [-0.2, -0.15) is 0 Å². The van der Waals surface area contributed by atoms with Gasteiger partial charge in [0.05, 0.1) is 12.4 Å². The summed E-state index contributed by atoms with van der Waals surface area (Å²) in [6, 6.07) is 3.48. The lowest BCUT2D eigenvalue weighted by molar-refractivity contribution is 0.271. The first kappa shape index (κ1) is 18.9. The monoisotopic (exact) mass is 372 g/mol. The molecule has 1 unspecified atom stereocenters. The highest BCUT2D eigenvalue weighted by molar-refractivity contribution is 6.00. The van der Waals surface area contributed by atoms with E-state index in [0.29, 0.717) is 30.3 Å². The van der Waals surface area contributed by atoms with Gasteiger partial charge in [0.2, 0.25) is 5.96 Å². The van der Waals surface area contributed by atoms with Gasteiger partial charge in [-0.15, -0.1) is 0 Å². The third-order valence-corrected chi connectivity index (χ3v) is 4.10. The van der Waals surface area contributed by atoms with E-state index in [1.807, 2.05) is 4.90 Å². The van der Waals surface area contributed by atoms with E-state index in [1.165, 1.54) is 32.9 Å². The van der Waals surface area contributed by atoms with Gasteiger partial charge in [-0.3, -0.25) is 4.98 Å². The fraction of sp³-hybridized carbons (Fsp3) is 0.350. The van der Waals surface area contributed by atoms with Gasteiger partial charge in [0.1, 0.15) is 24.1 Å². The molecule has 5 nitrogen and oxygen atoms in total. The fourth-order valence-electron chi connectivity index (χ4n) is 2.83. The predicted octanol–water partition coefficient (Wildman–Crippen LogP) is 4.02. The van der Waals surface area contributed by atoms with Crippen LogP contribution in [0.25, 0.3) is 0 Å². The van der Waals surface area contributed by atoms with Crippen LogP contribution >= 0.6 is 0 Å². The van der Waals surface area contributed by atoms with Crippen molar-refractivity contribution in [1.82, 2.24) is 9.88 Å². The largest absolute Gasteiger partial charge is 0.491 e. The molecule has 0 aliphatic carbocycles. The number of allylic oxidation sites excluding steroid dienone is 5.